The highest BCUT2D eigenvalue weighted by atomic mass is 19.1. The van der Waals surface area contributed by atoms with Gasteiger partial charge in [-0.25, -0.2) is 4.39 Å². The number of anilines is 1. The van der Waals surface area contributed by atoms with Crippen molar-refractivity contribution in [3.8, 4) is 0 Å². The third kappa shape index (κ3) is 5.65. The molecule has 0 saturated carbocycles. The minimum absolute atomic E-state index is 0.249. The highest BCUT2D eigenvalue weighted by molar-refractivity contribution is 5.93. The van der Waals surface area contributed by atoms with Crippen molar-refractivity contribution < 1.29 is 9.18 Å². The van der Waals surface area contributed by atoms with Gasteiger partial charge in [0, 0.05) is 25.0 Å². The first-order valence-corrected chi connectivity index (χ1v) is 8.28. The van der Waals surface area contributed by atoms with Gasteiger partial charge in [-0.3, -0.25) is 9.78 Å². The molecule has 1 aromatic carbocycles. The van der Waals surface area contributed by atoms with Crippen LogP contribution in [0.3, 0.4) is 0 Å². The van der Waals surface area contributed by atoms with Gasteiger partial charge in [-0.1, -0.05) is 32.0 Å². The zero-order valence-electron chi connectivity index (χ0n) is 14.2. The topological polar surface area (TPSA) is 54.0 Å². The second-order valence-electron chi connectivity index (χ2n) is 6.14. The number of halogens is 1. The first-order valence-electron chi connectivity index (χ1n) is 8.28. The van der Waals surface area contributed by atoms with Gasteiger partial charge in [-0.2, -0.15) is 0 Å². The van der Waals surface area contributed by atoms with Crippen molar-refractivity contribution in [1.29, 1.82) is 0 Å². The molecule has 0 fully saturated rings. The predicted octanol–water partition coefficient (Wildman–Crippen LogP) is 3.65. The smallest absolute Gasteiger partial charge is 0.269 e. The molecular weight excluding hydrogens is 305 g/mol. The van der Waals surface area contributed by atoms with Crippen molar-refractivity contribution in [2.75, 3.05) is 18.4 Å². The van der Waals surface area contributed by atoms with E-state index in [4.69, 9.17) is 0 Å². The second kappa shape index (κ2) is 9.01. The molecule has 1 aromatic heterocycles. The number of pyridine rings is 1. The van der Waals surface area contributed by atoms with Crippen LogP contribution in [-0.4, -0.2) is 24.0 Å². The van der Waals surface area contributed by atoms with Crippen LogP contribution in [0.1, 0.15) is 36.3 Å². The Kier molecular flexibility index (Phi) is 6.73. The van der Waals surface area contributed by atoms with E-state index in [0.717, 1.165) is 18.7 Å². The molecule has 0 aliphatic heterocycles. The Balaban J connectivity index is 1.84. The number of carbonyl (C=O) groups excluding carboxylic acids is 1. The lowest BCUT2D eigenvalue weighted by Crippen LogP contribution is -2.26. The van der Waals surface area contributed by atoms with Gasteiger partial charge in [0.05, 0.1) is 0 Å². The molecule has 0 radical (unpaired) electrons. The number of rotatable bonds is 8. The molecule has 2 aromatic rings. The molecule has 0 atom stereocenters. The first kappa shape index (κ1) is 17.9. The number of amides is 1. The Morgan fingerprint density at radius 3 is 2.75 bits per heavy atom. The fraction of sp³-hybridized carbons (Fsp3) is 0.368. The van der Waals surface area contributed by atoms with Gasteiger partial charge in [0.2, 0.25) is 0 Å². The maximum absolute atomic E-state index is 13.5. The summed E-state index contributed by atoms with van der Waals surface area (Å²) in [6, 6.07) is 10.2. The first-order chi connectivity index (χ1) is 11.6. The van der Waals surface area contributed by atoms with E-state index < -0.39 is 0 Å². The van der Waals surface area contributed by atoms with Crippen LogP contribution in [0.5, 0.6) is 0 Å². The molecule has 2 N–H and O–H groups in total. The molecule has 0 unspecified atom stereocenters. The summed E-state index contributed by atoms with van der Waals surface area (Å²) in [5.41, 5.74) is 1.83. The third-order valence-electron chi connectivity index (χ3n) is 3.68. The van der Waals surface area contributed by atoms with E-state index in [9.17, 15) is 9.18 Å². The lowest BCUT2D eigenvalue weighted by molar-refractivity contribution is 0.0949. The van der Waals surface area contributed by atoms with Crippen LogP contribution >= 0.6 is 0 Å². The lowest BCUT2D eigenvalue weighted by Gasteiger charge is -2.10. The Bertz CT molecular complexity index is 673. The molecule has 24 heavy (non-hydrogen) atoms. The standard InChI is InChI=1S/C19H24FN3O/c1-14(2)7-10-21-16-9-12-22-18(13-16)19(24)23-11-8-15-5-3-4-6-17(15)20/h3-6,9,12-14H,7-8,10-11H2,1-2H3,(H,21,22)(H,23,24). The summed E-state index contributed by atoms with van der Waals surface area (Å²) in [6.07, 6.45) is 3.13. The van der Waals surface area contributed by atoms with Gasteiger partial charge in [-0.15, -0.1) is 0 Å². The molecule has 0 saturated heterocycles. The molecule has 0 aliphatic carbocycles. The molecule has 0 aliphatic rings. The average Bonchev–Trinajstić information content (AvgIpc) is 2.56. The van der Waals surface area contributed by atoms with E-state index in [0.29, 0.717) is 30.1 Å². The predicted molar refractivity (Wildman–Crippen MR) is 94.6 cm³/mol. The summed E-state index contributed by atoms with van der Waals surface area (Å²) in [7, 11) is 0. The van der Waals surface area contributed by atoms with E-state index in [-0.39, 0.29) is 11.7 Å². The van der Waals surface area contributed by atoms with E-state index >= 15 is 0 Å². The van der Waals surface area contributed by atoms with Gasteiger partial charge in [0.15, 0.2) is 0 Å². The van der Waals surface area contributed by atoms with E-state index in [1.807, 2.05) is 6.07 Å². The zero-order valence-corrected chi connectivity index (χ0v) is 14.2. The highest BCUT2D eigenvalue weighted by Gasteiger charge is 2.08. The number of hydrogen-bond donors (Lipinski definition) is 2. The Morgan fingerprint density at radius 2 is 2.00 bits per heavy atom. The molecule has 4 nitrogen and oxygen atoms in total. The Hall–Kier alpha value is -2.43. The van der Waals surface area contributed by atoms with Crippen LogP contribution in [0.2, 0.25) is 0 Å². The number of nitrogens with one attached hydrogen (secondary N) is 2. The van der Waals surface area contributed by atoms with Gasteiger partial charge in [-0.05, 0) is 42.5 Å². The monoisotopic (exact) mass is 329 g/mol. The van der Waals surface area contributed by atoms with Crippen LogP contribution < -0.4 is 10.6 Å². The minimum Gasteiger partial charge on any atom is -0.385 e. The molecule has 1 heterocycles. The molecule has 2 rings (SSSR count). The van der Waals surface area contributed by atoms with Gasteiger partial charge in [0.1, 0.15) is 11.5 Å². The fourth-order valence-electron chi connectivity index (χ4n) is 2.27. The van der Waals surface area contributed by atoms with Crippen molar-refractivity contribution in [2.45, 2.75) is 26.7 Å². The number of nitrogens with zero attached hydrogens (tertiary/aromatic N) is 1. The summed E-state index contributed by atoms with van der Waals surface area (Å²) >= 11 is 0. The highest BCUT2D eigenvalue weighted by Crippen LogP contribution is 2.10. The van der Waals surface area contributed by atoms with Crippen molar-refractivity contribution in [3.05, 3.63) is 59.7 Å². The van der Waals surface area contributed by atoms with Crippen molar-refractivity contribution in [2.24, 2.45) is 5.92 Å². The van der Waals surface area contributed by atoms with Crippen molar-refractivity contribution in [1.82, 2.24) is 10.3 Å². The summed E-state index contributed by atoms with van der Waals surface area (Å²) in [4.78, 5) is 16.3. The number of benzene rings is 1. The Morgan fingerprint density at radius 1 is 1.21 bits per heavy atom. The summed E-state index contributed by atoms with van der Waals surface area (Å²) in [6.45, 7) is 5.56. The van der Waals surface area contributed by atoms with Crippen molar-refractivity contribution >= 4 is 11.6 Å². The van der Waals surface area contributed by atoms with E-state index in [1.165, 1.54) is 6.07 Å². The van der Waals surface area contributed by atoms with Crippen LogP contribution in [0, 0.1) is 11.7 Å². The molecule has 0 bridgehead atoms. The minimum atomic E-state index is -0.251. The maximum Gasteiger partial charge on any atom is 0.269 e. The molecule has 1 amide bonds. The number of hydrogen-bond acceptors (Lipinski definition) is 3. The van der Waals surface area contributed by atoms with Gasteiger partial charge < -0.3 is 10.6 Å². The van der Waals surface area contributed by atoms with Gasteiger partial charge in [0.25, 0.3) is 5.91 Å². The van der Waals surface area contributed by atoms with E-state index in [1.54, 1.807) is 30.5 Å². The third-order valence-corrected chi connectivity index (χ3v) is 3.68. The van der Waals surface area contributed by atoms with Crippen LogP contribution in [0.4, 0.5) is 10.1 Å². The molecular formula is C19H24FN3O. The lowest BCUT2D eigenvalue weighted by atomic mass is 10.1. The summed E-state index contributed by atoms with van der Waals surface area (Å²) in [5, 5.41) is 6.07. The fourth-order valence-corrected chi connectivity index (χ4v) is 2.27. The number of carbonyl (C=O) groups is 1. The second-order valence-corrected chi connectivity index (χ2v) is 6.14. The largest absolute Gasteiger partial charge is 0.385 e. The van der Waals surface area contributed by atoms with Crippen LogP contribution in [0.15, 0.2) is 42.6 Å². The Labute approximate surface area is 142 Å². The summed E-state index contributed by atoms with van der Waals surface area (Å²) < 4.78 is 13.5. The van der Waals surface area contributed by atoms with Crippen molar-refractivity contribution in [3.63, 3.8) is 0 Å². The molecule has 128 valence electrons. The molecule has 5 heteroatoms. The summed E-state index contributed by atoms with van der Waals surface area (Å²) in [5.74, 6) is 0.126. The van der Waals surface area contributed by atoms with Crippen LogP contribution in [0.25, 0.3) is 0 Å². The SMILES string of the molecule is CC(C)CCNc1ccnc(C(=O)NCCc2ccccc2F)c1. The maximum atomic E-state index is 13.5. The van der Waals surface area contributed by atoms with E-state index in [2.05, 4.69) is 29.5 Å². The van der Waals surface area contributed by atoms with Gasteiger partial charge >= 0.3 is 0 Å². The zero-order chi connectivity index (χ0) is 17.4. The average molecular weight is 329 g/mol. The van der Waals surface area contributed by atoms with Crippen LogP contribution in [-0.2, 0) is 6.42 Å². The normalized spacial score (nSPS) is 10.7. The quantitative estimate of drug-likeness (QED) is 0.777. The number of aromatic nitrogens is 1. The molecule has 0 spiro atoms.